The Bertz CT molecular complexity index is 1500. The van der Waals surface area contributed by atoms with E-state index in [9.17, 15) is 21.2 Å². The Balaban J connectivity index is 1.76. The highest BCUT2D eigenvalue weighted by Gasteiger charge is 2.21. The van der Waals surface area contributed by atoms with Crippen molar-refractivity contribution < 1.29 is 21.2 Å². The first-order chi connectivity index (χ1) is 14.6. The number of hydrogen-bond acceptors (Lipinski definition) is 5. The fourth-order valence-corrected chi connectivity index (χ4v) is 5.24. The Labute approximate surface area is 179 Å². The van der Waals surface area contributed by atoms with Crippen LogP contribution in [0.5, 0.6) is 0 Å². The average molecular weight is 457 g/mol. The van der Waals surface area contributed by atoms with E-state index in [1.807, 2.05) is 0 Å². The van der Waals surface area contributed by atoms with Crippen LogP contribution in [0.15, 0.2) is 88.9 Å². The Morgan fingerprint density at radius 3 is 2.16 bits per heavy atom. The normalized spacial score (nSPS) is 12.1. The van der Waals surface area contributed by atoms with Crippen LogP contribution in [0.25, 0.3) is 21.9 Å². The second-order valence-corrected chi connectivity index (χ2v) is 10.6. The largest absolute Gasteiger partial charge is 0.278 e. The predicted octanol–water partition coefficient (Wildman–Crippen LogP) is 4.25. The maximum Gasteiger partial charge on any atom is 0.261 e. The summed E-state index contributed by atoms with van der Waals surface area (Å²) in [5.41, 5.74) is 1.30. The van der Waals surface area contributed by atoms with Crippen molar-refractivity contribution in [1.82, 2.24) is 4.98 Å². The van der Waals surface area contributed by atoms with Gasteiger partial charge in [0.15, 0.2) is 9.84 Å². The molecule has 3 aromatic carbocycles. The van der Waals surface area contributed by atoms with Crippen LogP contribution >= 0.6 is 0 Å². The molecule has 1 heterocycles. The molecule has 6 nitrogen and oxygen atoms in total. The van der Waals surface area contributed by atoms with Crippen LogP contribution in [0.3, 0.4) is 0 Å². The first-order valence-corrected chi connectivity index (χ1v) is 12.5. The van der Waals surface area contributed by atoms with Gasteiger partial charge in [-0.2, -0.15) is 0 Å². The van der Waals surface area contributed by atoms with E-state index in [2.05, 4.69) is 9.71 Å². The van der Waals surface area contributed by atoms with Gasteiger partial charge >= 0.3 is 0 Å². The molecule has 0 saturated carbocycles. The number of nitrogens with zero attached hydrogens (tertiary/aromatic N) is 1. The molecule has 0 aliphatic heterocycles. The molecule has 0 amide bonds. The number of aromatic nitrogens is 1. The van der Waals surface area contributed by atoms with E-state index >= 15 is 0 Å². The molecule has 0 aliphatic rings. The lowest BCUT2D eigenvalue weighted by molar-refractivity contribution is 0.601. The zero-order chi connectivity index (χ0) is 22.2. The van der Waals surface area contributed by atoms with Gasteiger partial charge in [-0.1, -0.05) is 18.2 Å². The van der Waals surface area contributed by atoms with Gasteiger partial charge in [-0.25, -0.2) is 21.2 Å². The summed E-state index contributed by atoms with van der Waals surface area (Å²) in [4.78, 5) is 3.73. The molecule has 1 aromatic heterocycles. The zero-order valence-corrected chi connectivity index (χ0v) is 17.9. The van der Waals surface area contributed by atoms with Crippen molar-refractivity contribution in [3.8, 4) is 11.1 Å². The van der Waals surface area contributed by atoms with Crippen LogP contribution in [0.4, 0.5) is 10.1 Å². The molecule has 0 atom stereocenters. The highest BCUT2D eigenvalue weighted by atomic mass is 32.2. The molecule has 0 aliphatic carbocycles. The van der Waals surface area contributed by atoms with Crippen molar-refractivity contribution in [2.24, 2.45) is 0 Å². The van der Waals surface area contributed by atoms with E-state index < -0.39 is 25.7 Å². The summed E-state index contributed by atoms with van der Waals surface area (Å²) in [5.74, 6) is -0.423. The van der Waals surface area contributed by atoms with Crippen molar-refractivity contribution in [3.05, 3.63) is 84.9 Å². The number of rotatable bonds is 5. The molecule has 0 fully saturated rings. The number of halogens is 1. The number of sulfonamides is 1. The maximum absolute atomic E-state index is 13.4. The number of nitrogens with one attached hydrogen (secondary N) is 1. The lowest BCUT2D eigenvalue weighted by Gasteiger charge is -2.14. The average Bonchev–Trinajstić information content (AvgIpc) is 2.73. The van der Waals surface area contributed by atoms with Gasteiger partial charge in [0.25, 0.3) is 10.0 Å². The fourth-order valence-electron chi connectivity index (χ4n) is 3.20. The van der Waals surface area contributed by atoms with Crippen molar-refractivity contribution >= 4 is 36.3 Å². The standard InChI is InChI=1S/C22H17FN2O4S2/c1-30(26,27)22-14-18(15-8-10-24-11-9-15)4-7-21(22)25-31(28,29)20-6-3-16-12-19(23)5-2-17(16)13-20/h2-14,25H,1H3. The highest BCUT2D eigenvalue weighted by molar-refractivity contribution is 7.93. The van der Waals surface area contributed by atoms with E-state index in [4.69, 9.17) is 0 Å². The predicted molar refractivity (Wildman–Crippen MR) is 117 cm³/mol. The molecule has 0 radical (unpaired) electrons. The third kappa shape index (κ3) is 4.42. The molecule has 0 bridgehead atoms. The minimum atomic E-state index is -4.09. The fraction of sp³-hybridized carbons (Fsp3) is 0.0455. The van der Waals surface area contributed by atoms with Crippen LogP contribution in [0.1, 0.15) is 0 Å². The molecule has 4 aromatic rings. The minimum absolute atomic E-state index is 0.0560. The molecule has 31 heavy (non-hydrogen) atoms. The Kier molecular flexibility index (Phi) is 5.24. The van der Waals surface area contributed by atoms with Crippen LogP contribution in [0, 0.1) is 5.82 Å². The molecule has 0 spiro atoms. The Morgan fingerprint density at radius 1 is 0.774 bits per heavy atom. The van der Waals surface area contributed by atoms with E-state index in [0.717, 1.165) is 11.8 Å². The summed E-state index contributed by atoms with van der Waals surface area (Å²) in [5, 5.41) is 1.10. The highest BCUT2D eigenvalue weighted by Crippen LogP contribution is 2.30. The van der Waals surface area contributed by atoms with E-state index in [-0.39, 0.29) is 15.5 Å². The second-order valence-electron chi connectivity index (χ2n) is 6.98. The first kappa shape index (κ1) is 21.0. The molecule has 9 heteroatoms. The molecule has 0 saturated heterocycles. The van der Waals surface area contributed by atoms with Gasteiger partial charge in [0.2, 0.25) is 0 Å². The lowest BCUT2D eigenvalue weighted by Crippen LogP contribution is -2.15. The second kappa shape index (κ2) is 7.75. The number of anilines is 1. The van der Waals surface area contributed by atoms with Crippen molar-refractivity contribution in [2.75, 3.05) is 11.0 Å². The quantitative estimate of drug-likeness (QED) is 0.485. The third-order valence-electron chi connectivity index (χ3n) is 4.72. The van der Waals surface area contributed by atoms with Crippen LogP contribution < -0.4 is 4.72 Å². The van der Waals surface area contributed by atoms with Crippen molar-refractivity contribution in [2.45, 2.75) is 9.79 Å². The number of benzene rings is 3. The minimum Gasteiger partial charge on any atom is -0.278 e. The maximum atomic E-state index is 13.4. The summed E-state index contributed by atoms with van der Waals surface area (Å²) in [7, 11) is -7.84. The van der Waals surface area contributed by atoms with Gasteiger partial charge in [-0.15, -0.1) is 0 Å². The summed E-state index contributed by atoms with van der Waals surface area (Å²) in [6, 6.07) is 16.2. The van der Waals surface area contributed by atoms with Crippen LogP contribution in [0.2, 0.25) is 0 Å². The topological polar surface area (TPSA) is 93.2 Å². The van der Waals surface area contributed by atoms with Gasteiger partial charge < -0.3 is 0 Å². The summed E-state index contributed by atoms with van der Waals surface area (Å²) in [6.45, 7) is 0. The molecular weight excluding hydrogens is 439 g/mol. The smallest absolute Gasteiger partial charge is 0.261 e. The van der Waals surface area contributed by atoms with Crippen molar-refractivity contribution in [1.29, 1.82) is 0 Å². The van der Waals surface area contributed by atoms with Crippen LogP contribution in [-0.4, -0.2) is 28.1 Å². The van der Waals surface area contributed by atoms with Gasteiger partial charge in [-0.05, 0) is 70.4 Å². The van der Waals surface area contributed by atoms with Gasteiger partial charge in [0.1, 0.15) is 5.82 Å². The van der Waals surface area contributed by atoms with Gasteiger partial charge in [0.05, 0.1) is 15.5 Å². The Hall–Kier alpha value is -3.30. The molecule has 4 rings (SSSR count). The van der Waals surface area contributed by atoms with E-state index in [0.29, 0.717) is 16.3 Å². The van der Waals surface area contributed by atoms with E-state index in [1.54, 1.807) is 30.6 Å². The zero-order valence-electron chi connectivity index (χ0n) is 16.3. The molecular formula is C22H17FN2O4S2. The number of fused-ring (bicyclic) bond motifs is 1. The third-order valence-corrected chi connectivity index (χ3v) is 7.22. The number of hydrogen-bond donors (Lipinski definition) is 1. The summed E-state index contributed by atoms with van der Waals surface area (Å²) in [6.07, 6.45) is 4.18. The summed E-state index contributed by atoms with van der Waals surface area (Å²) >= 11 is 0. The number of sulfone groups is 1. The Morgan fingerprint density at radius 2 is 1.45 bits per heavy atom. The monoisotopic (exact) mass is 456 g/mol. The summed E-state index contributed by atoms with van der Waals surface area (Å²) < 4.78 is 66.4. The lowest BCUT2D eigenvalue weighted by atomic mass is 10.1. The number of pyridine rings is 1. The van der Waals surface area contributed by atoms with Crippen molar-refractivity contribution in [3.63, 3.8) is 0 Å². The molecule has 158 valence electrons. The first-order valence-electron chi connectivity index (χ1n) is 9.10. The van der Waals surface area contributed by atoms with Gasteiger partial charge in [0, 0.05) is 18.6 Å². The SMILES string of the molecule is CS(=O)(=O)c1cc(-c2ccncc2)ccc1NS(=O)(=O)c1ccc2cc(F)ccc2c1. The van der Waals surface area contributed by atoms with E-state index in [1.165, 1.54) is 48.5 Å². The van der Waals surface area contributed by atoms with Crippen LogP contribution in [-0.2, 0) is 19.9 Å². The van der Waals surface area contributed by atoms with Gasteiger partial charge in [-0.3, -0.25) is 9.71 Å². The molecule has 0 unspecified atom stereocenters. The molecule has 1 N–H and O–H groups in total.